The van der Waals surface area contributed by atoms with E-state index in [0.717, 1.165) is 31.1 Å². The molecule has 19 heavy (non-hydrogen) atoms. The molecular formula is C17H22O2. The second-order valence-electron chi connectivity index (χ2n) is 5.31. The van der Waals surface area contributed by atoms with Crippen LogP contribution in [0.5, 0.6) is 0 Å². The van der Waals surface area contributed by atoms with Gasteiger partial charge in [0.2, 0.25) is 0 Å². The predicted molar refractivity (Wildman–Crippen MR) is 77.6 cm³/mol. The van der Waals surface area contributed by atoms with Gasteiger partial charge < -0.3 is 4.74 Å². The lowest BCUT2D eigenvalue weighted by Crippen LogP contribution is -2.17. The summed E-state index contributed by atoms with van der Waals surface area (Å²) in [6.07, 6.45) is 20.3. The highest BCUT2D eigenvalue weighted by Crippen LogP contribution is 2.38. The van der Waals surface area contributed by atoms with Gasteiger partial charge in [0.15, 0.2) is 0 Å². The number of hydrogen-bond acceptors (Lipinski definition) is 2. The number of carbonyl (C=O) groups excluding carboxylic acids is 1. The minimum absolute atomic E-state index is 0.0987. The Morgan fingerprint density at radius 3 is 2.79 bits per heavy atom. The van der Waals surface area contributed by atoms with Crippen LogP contribution in [0.3, 0.4) is 0 Å². The van der Waals surface area contributed by atoms with Gasteiger partial charge in [-0.1, -0.05) is 43.4 Å². The number of esters is 1. The summed E-state index contributed by atoms with van der Waals surface area (Å²) >= 11 is 0. The van der Waals surface area contributed by atoms with Gasteiger partial charge >= 0.3 is 5.97 Å². The van der Waals surface area contributed by atoms with Gasteiger partial charge in [-0.25, -0.2) is 4.79 Å². The van der Waals surface area contributed by atoms with Crippen molar-refractivity contribution in [2.24, 2.45) is 11.8 Å². The molecule has 1 aliphatic heterocycles. The Kier molecular flexibility index (Phi) is 5.20. The van der Waals surface area contributed by atoms with Gasteiger partial charge in [-0.3, -0.25) is 0 Å². The van der Waals surface area contributed by atoms with Gasteiger partial charge in [-0.2, -0.15) is 0 Å². The highest BCUT2D eigenvalue weighted by atomic mass is 16.5. The van der Waals surface area contributed by atoms with Crippen molar-refractivity contribution < 1.29 is 9.53 Å². The van der Waals surface area contributed by atoms with Crippen LogP contribution in [-0.2, 0) is 9.53 Å². The number of hydrogen-bond donors (Lipinski definition) is 0. The topological polar surface area (TPSA) is 26.3 Å². The fraction of sp³-hybridized carbons (Fsp3) is 0.471. The molecule has 0 aromatic carbocycles. The fourth-order valence-corrected chi connectivity index (χ4v) is 2.10. The first kappa shape index (κ1) is 13.9. The van der Waals surface area contributed by atoms with Crippen LogP contribution in [0.25, 0.3) is 0 Å². The van der Waals surface area contributed by atoms with Crippen LogP contribution in [0.1, 0.15) is 32.6 Å². The van der Waals surface area contributed by atoms with E-state index in [9.17, 15) is 4.79 Å². The summed E-state index contributed by atoms with van der Waals surface area (Å²) in [6.45, 7) is 2.30. The lowest BCUT2D eigenvalue weighted by atomic mass is 10.2. The monoisotopic (exact) mass is 258 g/mol. The number of cyclic esters (lactones) is 1. The first-order valence-electron chi connectivity index (χ1n) is 7.13. The van der Waals surface area contributed by atoms with Gasteiger partial charge in [0.05, 0.1) is 0 Å². The zero-order valence-corrected chi connectivity index (χ0v) is 11.5. The Labute approximate surface area is 115 Å². The molecule has 0 amide bonds. The number of unbranched alkanes of at least 4 members (excludes halogenated alkanes) is 1. The highest BCUT2D eigenvalue weighted by Gasteiger charge is 2.29. The molecule has 1 fully saturated rings. The normalized spacial score (nSPS) is 30.6. The molecule has 1 aliphatic carbocycles. The second-order valence-corrected chi connectivity index (χ2v) is 5.31. The highest BCUT2D eigenvalue weighted by molar-refractivity contribution is 5.82. The van der Waals surface area contributed by atoms with Gasteiger partial charge in [-0.15, -0.1) is 0 Å². The molecule has 0 unspecified atom stereocenters. The minimum Gasteiger partial charge on any atom is -0.455 e. The summed E-state index contributed by atoms with van der Waals surface area (Å²) in [5.41, 5.74) is 0. The molecule has 102 valence electrons. The van der Waals surface area contributed by atoms with Gasteiger partial charge in [0.1, 0.15) is 6.10 Å². The minimum atomic E-state index is -0.246. The maximum absolute atomic E-state index is 11.0. The van der Waals surface area contributed by atoms with Gasteiger partial charge in [0.25, 0.3) is 0 Å². The third-order valence-electron chi connectivity index (χ3n) is 3.52. The Morgan fingerprint density at radius 1 is 1.26 bits per heavy atom. The Hall–Kier alpha value is -1.57. The Bertz CT molecular complexity index is 415. The maximum Gasteiger partial charge on any atom is 0.331 e. The average molecular weight is 258 g/mol. The van der Waals surface area contributed by atoms with E-state index in [4.69, 9.17) is 4.74 Å². The molecule has 2 heteroatoms. The van der Waals surface area contributed by atoms with Crippen LogP contribution in [0.4, 0.5) is 0 Å². The van der Waals surface area contributed by atoms with Crippen molar-refractivity contribution in [1.29, 1.82) is 0 Å². The van der Waals surface area contributed by atoms with E-state index < -0.39 is 0 Å². The van der Waals surface area contributed by atoms with Gasteiger partial charge in [-0.05, 0) is 37.2 Å². The molecule has 1 heterocycles. The van der Waals surface area contributed by atoms with Crippen molar-refractivity contribution in [2.75, 3.05) is 0 Å². The maximum atomic E-state index is 11.0. The Morgan fingerprint density at radius 2 is 2.05 bits per heavy atom. The third kappa shape index (κ3) is 5.29. The van der Waals surface area contributed by atoms with Crippen LogP contribution in [0, 0.1) is 11.8 Å². The van der Waals surface area contributed by atoms with Gasteiger partial charge in [0, 0.05) is 12.5 Å². The number of allylic oxidation sites excluding steroid dienone is 5. The predicted octanol–water partition coefficient (Wildman–Crippen LogP) is 3.96. The van der Waals surface area contributed by atoms with Crippen molar-refractivity contribution in [2.45, 2.75) is 38.7 Å². The van der Waals surface area contributed by atoms with Crippen molar-refractivity contribution in [3.8, 4) is 0 Å². The van der Waals surface area contributed by atoms with E-state index in [0.29, 0.717) is 0 Å². The Balaban J connectivity index is 1.57. The molecule has 1 saturated carbocycles. The van der Waals surface area contributed by atoms with Crippen LogP contribution in [0.2, 0.25) is 0 Å². The van der Waals surface area contributed by atoms with Crippen molar-refractivity contribution in [3.05, 3.63) is 48.6 Å². The summed E-state index contributed by atoms with van der Waals surface area (Å²) in [4.78, 5) is 11.0. The summed E-state index contributed by atoms with van der Waals surface area (Å²) in [5, 5.41) is 0. The van der Waals surface area contributed by atoms with E-state index in [-0.39, 0.29) is 12.1 Å². The lowest BCUT2D eigenvalue weighted by Gasteiger charge is -2.13. The van der Waals surface area contributed by atoms with E-state index in [2.05, 4.69) is 25.2 Å². The molecule has 0 bridgehead atoms. The van der Waals surface area contributed by atoms with Crippen LogP contribution < -0.4 is 0 Å². The molecule has 0 aromatic rings. The molecule has 2 rings (SSSR count). The van der Waals surface area contributed by atoms with E-state index in [1.807, 2.05) is 24.3 Å². The average Bonchev–Trinajstić information content (AvgIpc) is 3.09. The first-order chi connectivity index (χ1) is 9.25. The molecule has 3 atom stereocenters. The molecule has 0 N–H and O–H groups in total. The van der Waals surface area contributed by atoms with Crippen LogP contribution in [-0.4, -0.2) is 12.1 Å². The molecule has 0 spiro atoms. The second kappa shape index (κ2) is 7.13. The summed E-state index contributed by atoms with van der Waals surface area (Å²) in [7, 11) is 0. The zero-order valence-electron chi connectivity index (χ0n) is 11.5. The summed E-state index contributed by atoms with van der Waals surface area (Å²) in [5.74, 6) is 1.50. The van der Waals surface area contributed by atoms with E-state index in [1.54, 1.807) is 0 Å². The molecule has 0 aromatic heterocycles. The first-order valence-corrected chi connectivity index (χ1v) is 7.13. The zero-order chi connectivity index (χ0) is 13.5. The summed E-state index contributed by atoms with van der Waals surface area (Å²) < 4.78 is 5.12. The van der Waals surface area contributed by atoms with Crippen molar-refractivity contribution >= 4 is 5.97 Å². The molecule has 0 radical (unpaired) electrons. The number of ether oxygens (including phenoxy) is 1. The standard InChI is InChI=1S/C17H22O2/c1-14-13-15(14)9-6-4-2-3-5-7-10-16-11-8-12-17(18)19-16/h3,5-10,12,14-16H,2,4,11,13H2,1H3/b5-3+,9-6+,10-7+/t14-,15-,16+/m0/s1. The third-order valence-corrected chi connectivity index (χ3v) is 3.52. The number of carbonyl (C=O) groups is 1. The number of rotatable bonds is 6. The fourth-order valence-electron chi connectivity index (χ4n) is 2.10. The molecule has 2 nitrogen and oxygen atoms in total. The molecular weight excluding hydrogens is 236 g/mol. The van der Waals surface area contributed by atoms with Crippen LogP contribution in [0.15, 0.2) is 48.6 Å². The molecule has 2 aliphatic rings. The smallest absolute Gasteiger partial charge is 0.331 e. The molecule has 0 saturated heterocycles. The van der Waals surface area contributed by atoms with Crippen molar-refractivity contribution in [3.63, 3.8) is 0 Å². The quantitative estimate of drug-likeness (QED) is 0.312. The van der Waals surface area contributed by atoms with E-state index >= 15 is 0 Å². The van der Waals surface area contributed by atoms with Crippen molar-refractivity contribution in [1.82, 2.24) is 0 Å². The summed E-state index contributed by atoms with van der Waals surface area (Å²) in [6, 6.07) is 0. The lowest BCUT2D eigenvalue weighted by molar-refractivity contribution is -0.141. The van der Waals surface area contributed by atoms with Crippen LogP contribution >= 0.6 is 0 Å². The van der Waals surface area contributed by atoms with E-state index in [1.165, 1.54) is 12.5 Å². The SMILES string of the molecule is C[C@H]1C[C@@H]1/C=C/CC/C=C/C=C/[C@@H]1CC=CC(=O)O1. The largest absolute Gasteiger partial charge is 0.455 e.